The van der Waals surface area contributed by atoms with Gasteiger partial charge in [-0.25, -0.2) is 8.42 Å². The maximum absolute atomic E-state index is 12.1. The molecule has 4 nitrogen and oxygen atoms in total. The lowest BCUT2D eigenvalue weighted by atomic mass is 10.2. The second-order valence-electron chi connectivity index (χ2n) is 6.08. The van der Waals surface area contributed by atoms with Crippen molar-refractivity contribution in [1.29, 1.82) is 0 Å². The Kier molecular flexibility index (Phi) is 5.71. The zero-order chi connectivity index (χ0) is 18.4. The standard InChI is InChI=1S/C21H21NO3S/c1-26(23,24)22(16-18-8-4-2-5-9-18)17-19-12-14-21(15-13-19)25-20-10-6-3-7-11-20/h2-15H,16-17H2,1H3. The van der Waals surface area contributed by atoms with Crippen molar-refractivity contribution in [3.05, 3.63) is 96.1 Å². The maximum atomic E-state index is 12.1. The lowest BCUT2D eigenvalue weighted by molar-refractivity contribution is 0.405. The Morgan fingerprint density at radius 3 is 1.69 bits per heavy atom. The van der Waals surface area contributed by atoms with Crippen molar-refractivity contribution in [2.24, 2.45) is 0 Å². The smallest absolute Gasteiger partial charge is 0.211 e. The highest BCUT2D eigenvalue weighted by molar-refractivity contribution is 7.88. The summed E-state index contributed by atoms with van der Waals surface area (Å²) < 4.78 is 31.5. The average molecular weight is 367 g/mol. The number of rotatable bonds is 7. The maximum Gasteiger partial charge on any atom is 0.211 e. The molecule has 0 aliphatic carbocycles. The van der Waals surface area contributed by atoms with Gasteiger partial charge >= 0.3 is 0 Å². The highest BCUT2D eigenvalue weighted by Crippen LogP contribution is 2.22. The molecule has 0 heterocycles. The van der Waals surface area contributed by atoms with Crippen LogP contribution in [-0.4, -0.2) is 19.0 Å². The zero-order valence-electron chi connectivity index (χ0n) is 14.6. The highest BCUT2D eigenvalue weighted by atomic mass is 32.2. The molecule has 3 aromatic carbocycles. The predicted molar refractivity (Wildman–Crippen MR) is 103 cm³/mol. The largest absolute Gasteiger partial charge is 0.457 e. The Morgan fingerprint density at radius 1 is 0.692 bits per heavy atom. The van der Waals surface area contributed by atoms with E-state index in [9.17, 15) is 8.42 Å². The minimum atomic E-state index is -3.32. The van der Waals surface area contributed by atoms with Crippen LogP contribution in [0.15, 0.2) is 84.9 Å². The second-order valence-corrected chi connectivity index (χ2v) is 8.06. The normalized spacial score (nSPS) is 11.5. The van der Waals surface area contributed by atoms with Crippen LogP contribution in [0.25, 0.3) is 0 Å². The van der Waals surface area contributed by atoms with E-state index in [0.29, 0.717) is 18.8 Å². The molecular formula is C21H21NO3S. The van der Waals surface area contributed by atoms with E-state index >= 15 is 0 Å². The molecule has 3 rings (SSSR count). The molecule has 0 saturated carbocycles. The van der Waals surface area contributed by atoms with Gasteiger partial charge in [0.1, 0.15) is 11.5 Å². The van der Waals surface area contributed by atoms with Gasteiger partial charge in [-0.3, -0.25) is 0 Å². The first-order chi connectivity index (χ1) is 12.5. The molecule has 5 heteroatoms. The number of hydrogen-bond donors (Lipinski definition) is 0. The monoisotopic (exact) mass is 367 g/mol. The fourth-order valence-electron chi connectivity index (χ4n) is 2.57. The van der Waals surface area contributed by atoms with Crippen molar-refractivity contribution in [3.8, 4) is 11.5 Å². The summed E-state index contributed by atoms with van der Waals surface area (Å²) in [7, 11) is -3.32. The van der Waals surface area contributed by atoms with E-state index in [-0.39, 0.29) is 0 Å². The van der Waals surface area contributed by atoms with Gasteiger partial charge in [0.15, 0.2) is 0 Å². The molecular weight excluding hydrogens is 346 g/mol. The molecule has 0 atom stereocenters. The van der Waals surface area contributed by atoms with Crippen LogP contribution in [0.5, 0.6) is 11.5 Å². The first-order valence-corrected chi connectivity index (χ1v) is 10.2. The summed E-state index contributed by atoms with van der Waals surface area (Å²) in [5.41, 5.74) is 1.87. The van der Waals surface area contributed by atoms with Crippen LogP contribution in [-0.2, 0) is 23.1 Å². The number of benzene rings is 3. The topological polar surface area (TPSA) is 46.6 Å². The zero-order valence-corrected chi connectivity index (χ0v) is 15.4. The fraction of sp³-hybridized carbons (Fsp3) is 0.143. The molecule has 0 fully saturated rings. The first-order valence-electron chi connectivity index (χ1n) is 8.31. The molecule has 0 amide bonds. The third-order valence-electron chi connectivity index (χ3n) is 3.93. The number of ether oxygens (including phenoxy) is 1. The first kappa shape index (κ1) is 18.2. The number of nitrogens with zero attached hydrogens (tertiary/aromatic N) is 1. The highest BCUT2D eigenvalue weighted by Gasteiger charge is 2.17. The van der Waals surface area contributed by atoms with Crippen molar-refractivity contribution in [2.45, 2.75) is 13.1 Å². The predicted octanol–water partition coefficient (Wildman–Crippen LogP) is 4.44. The summed E-state index contributed by atoms with van der Waals surface area (Å²) in [5.74, 6) is 1.48. The van der Waals surface area contributed by atoms with Gasteiger partial charge in [-0.1, -0.05) is 60.7 Å². The molecule has 0 spiro atoms. The number of para-hydroxylation sites is 1. The number of hydrogen-bond acceptors (Lipinski definition) is 3. The fourth-order valence-corrected chi connectivity index (χ4v) is 3.34. The van der Waals surface area contributed by atoms with Gasteiger partial charge in [0, 0.05) is 13.1 Å². The van der Waals surface area contributed by atoms with E-state index in [0.717, 1.165) is 16.9 Å². The third-order valence-corrected chi connectivity index (χ3v) is 5.13. The lowest BCUT2D eigenvalue weighted by Gasteiger charge is -2.20. The van der Waals surface area contributed by atoms with E-state index in [2.05, 4.69) is 0 Å². The van der Waals surface area contributed by atoms with Crippen molar-refractivity contribution >= 4 is 10.0 Å². The molecule has 134 valence electrons. The average Bonchev–Trinajstić information content (AvgIpc) is 2.64. The quantitative estimate of drug-likeness (QED) is 0.620. The van der Waals surface area contributed by atoms with E-state index in [4.69, 9.17) is 4.74 Å². The van der Waals surface area contributed by atoms with Crippen molar-refractivity contribution in [2.75, 3.05) is 6.26 Å². The summed E-state index contributed by atoms with van der Waals surface area (Å²) in [4.78, 5) is 0. The molecule has 0 aliphatic rings. The van der Waals surface area contributed by atoms with Crippen LogP contribution >= 0.6 is 0 Å². The van der Waals surface area contributed by atoms with Gasteiger partial charge in [-0.15, -0.1) is 0 Å². The molecule has 0 saturated heterocycles. The summed E-state index contributed by atoms with van der Waals surface area (Å²) >= 11 is 0. The van der Waals surface area contributed by atoms with Gasteiger partial charge in [-0.2, -0.15) is 4.31 Å². The minimum Gasteiger partial charge on any atom is -0.457 e. The summed E-state index contributed by atoms with van der Waals surface area (Å²) in [5, 5.41) is 0. The van der Waals surface area contributed by atoms with E-state index in [1.807, 2.05) is 84.9 Å². The molecule has 0 bridgehead atoms. The summed E-state index contributed by atoms with van der Waals surface area (Å²) in [6.07, 6.45) is 1.24. The molecule has 0 aliphatic heterocycles. The van der Waals surface area contributed by atoms with E-state index in [1.54, 1.807) is 0 Å². The molecule has 0 unspecified atom stereocenters. The van der Waals surface area contributed by atoms with Crippen LogP contribution in [0.2, 0.25) is 0 Å². The Morgan fingerprint density at radius 2 is 1.15 bits per heavy atom. The molecule has 26 heavy (non-hydrogen) atoms. The lowest BCUT2D eigenvalue weighted by Crippen LogP contribution is -2.29. The Balaban J connectivity index is 1.71. The molecule has 0 aromatic heterocycles. The summed E-state index contributed by atoms with van der Waals surface area (Å²) in [6, 6.07) is 26.6. The SMILES string of the molecule is CS(=O)(=O)N(Cc1ccccc1)Cc1ccc(Oc2ccccc2)cc1. The van der Waals surface area contributed by atoms with E-state index in [1.165, 1.54) is 10.6 Å². The molecule has 0 radical (unpaired) electrons. The second kappa shape index (κ2) is 8.17. The Bertz CT molecular complexity index is 924. The minimum absolute atomic E-state index is 0.319. The van der Waals surface area contributed by atoms with Crippen molar-refractivity contribution in [1.82, 2.24) is 4.31 Å². The van der Waals surface area contributed by atoms with Gasteiger partial charge in [0.25, 0.3) is 0 Å². The van der Waals surface area contributed by atoms with Crippen molar-refractivity contribution < 1.29 is 13.2 Å². The summed E-state index contributed by atoms with van der Waals surface area (Å²) in [6.45, 7) is 0.668. The molecule has 0 N–H and O–H groups in total. The third kappa shape index (κ3) is 5.18. The van der Waals surface area contributed by atoms with Gasteiger partial charge in [0.2, 0.25) is 10.0 Å². The van der Waals surface area contributed by atoms with Gasteiger partial charge < -0.3 is 4.74 Å². The van der Waals surface area contributed by atoms with Gasteiger partial charge in [-0.05, 0) is 35.4 Å². The number of sulfonamides is 1. The Hall–Kier alpha value is -2.63. The molecule has 3 aromatic rings. The van der Waals surface area contributed by atoms with Crippen LogP contribution < -0.4 is 4.74 Å². The van der Waals surface area contributed by atoms with Gasteiger partial charge in [0.05, 0.1) is 6.26 Å². The van der Waals surface area contributed by atoms with Crippen LogP contribution in [0, 0.1) is 0 Å². The van der Waals surface area contributed by atoms with Crippen molar-refractivity contribution in [3.63, 3.8) is 0 Å². The Labute approximate surface area is 154 Å². The van der Waals surface area contributed by atoms with E-state index < -0.39 is 10.0 Å². The van der Waals surface area contributed by atoms with Crippen LogP contribution in [0.4, 0.5) is 0 Å². The van der Waals surface area contributed by atoms with Crippen LogP contribution in [0.3, 0.4) is 0 Å². The van der Waals surface area contributed by atoms with Crippen LogP contribution in [0.1, 0.15) is 11.1 Å².